The van der Waals surface area contributed by atoms with Gasteiger partial charge in [0.1, 0.15) is 5.60 Å². The Morgan fingerprint density at radius 3 is 2.80 bits per heavy atom. The zero-order chi connectivity index (χ0) is 17.5. The molecule has 0 bridgehead atoms. The number of benzene rings is 1. The monoisotopic (exact) mass is 334 g/mol. The number of aromatic nitrogens is 1. The van der Waals surface area contributed by atoms with E-state index in [0.717, 1.165) is 18.5 Å². The van der Waals surface area contributed by atoms with Crippen molar-refractivity contribution in [2.45, 2.75) is 44.2 Å². The molecule has 2 aromatic rings. The lowest BCUT2D eigenvalue weighted by Gasteiger charge is -2.34. The van der Waals surface area contributed by atoms with E-state index in [9.17, 15) is 5.11 Å². The van der Waals surface area contributed by atoms with Crippen LogP contribution in [0, 0.1) is 11.8 Å². The van der Waals surface area contributed by atoms with E-state index in [1.165, 1.54) is 18.4 Å². The lowest BCUT2D eigenvalue weighted by molar-refractivity contribution is 0.122. The third-order valence-corrected chi connectivity index (χ3v) is 4.71. The van der Waals surface area contributed by atoms with Gasteiger partial charge in [-0.25, -0.2) is 0 Å². The number of nitrogens with zero attached hydrogens (tertiary/aromatic N) is 2. The Labute approximate surface area is 150 Å². The number of aliphatic hydroxyl groups is 1. The first kappa shape index (κ1) is 17.7. The number of piperidine rings is 1. The molecule has 2 heterocycles. The van der Waals surface area contributed by atoms with Crippen LogP contribution in [0.25, 0.3) is 0 Å². The predicted octanol–water partition coefficient (Wildman–Crippen LogP) is 3.61. The summed E-state index contributed by atoms with van der Waals surface area (Å²) < 4.78 is 0. The summed E-state index contributed by atoms with van der Waals surface area (Å²) in [5.41, 5.74) is 1.37. The molecule has 0 radical (unpaired) electrons. The van der Waals surface area contributed by atoms with Gasteiger partial charge in [-0.3, -0.25) is 9.88 Å². The van der Waals surface area contributed by atoms with Gasteiger partial charge in [0.2, 0.25) is 0 Å². The fourth-order valence-electron chi connectivity index (χ4n) is 3.50. The van der Waals surface area contributed by atoms with Crippen molar-refractivity contribution < 1.29 is 5.11 Å². The lowest BCUT2D eigenvalue weighted by atomic mass is 9.95. The van der Waals surface area contributed by atoms with Crippen LogP contribution in [0.3, 0.4) is 0 Å². The Morgan fingerprint density at radius 1 is 1.20 bits per heavy atom. The van der Waals surface area contributed by atoms with E-state index < -0.39 is 5.60 Å². The smallest absolute Gasteiger partial charge is 0.126 e. The molecule has 1 N–H and O–H groups in total. The maximum absolute atomic E-state index is 10.6. The molecular weight excluding hydrogens is 308 g/mol. The molecule has 1 fully saturated rings. The zero-order valence-electron chi connectivity index (χ0n) is 14.9. The van der Waals surface area contributed by atoms with Gasteiger partial charge in [0.05, 0.1) is 6.54 Å². The largest absolute Gasteiger partial charge is 0.378 e. The third kappa shape index (κ3) is 5.16. The van der Waals surface area contributed by atoms with Crippen molar-refractivity contribution in [1.29, 1.82) is 0 Å². The Balaban J connectivity index is 1.64. The molecule has 25 heavy (non-hydrogen) atoms. The number of likely N-dealkylation sites (tertiary alicyclic amines) is 1. The van der Waals surface area contributed by atoms with E-state index in [4.69, 9.17) is 0 Å². The maximum atomic E-state index is 10.6. The molecule has 1 saturated heterocycles. The SMILES string of the molecule is CC(O)(C#CCN1CCCCC1c1cccnc1)Cc1ccccc1. The van der Waals surface area contributed by atoms with Crippen LogP contribution in [0.15, 0.2) is 54.9 Å². The van der Waals surface area contributed by atoms with Gasteiger partial charge >= 0.3 is 0 Å². The van der Waals surface area contributed by atoms with Gasteiger partial charge in [-0.15, -0.1) is 0 Å². The molecule has 0 amide bonds. The summed E-state index contributed by atoms with van der Waals surface area (Å²) in [6, 6.07) is 14.6. The van der Waals surface area contributed by atoms with E-state index in [-0.39, 0.29) is 0 Å². The topological polar surface area (TPSA) is 36.4 Å². The minimum Gasteiger partial charge on any atom is -0.378 e. The molecule has 3 heteroatoms. The second-order valence-electron chi connectivity index (χ2n) is 7.01. The van der Waals surface area contributed by atoms with E-state index in [2.05, 4.69) is 27.8 Å². The fraction of sp³-hybridized carbons (Fsp3) is 0.409. The first-order chi connectivity index (χ1) is 12.1. The van der Waals surface area contributed by atoms with Gasteiger partial charge in [-0.05, 0) is 43.5 Å². The molecule has 0 saturated carbocycles. The molecule has 2 unspecified atom stereocenters. The minimum absolute atomic E-state index is 0.385. The van der Waals surface area contributed by atoms with Crippen molar-refractivity contribution in [3.8, 4) is 11.8 Å². The molecule has 1 aliphatic heterocycles. The summed E-state index contributed by atoms with van der Waals surface area (Å²) in [5, 5.41) is 10.6. The first-order valence-corrected chi connectivity index (χ1v) is 9.04. The Bertz CT molecular complexity index is 716. The van der Waals surface area contributed by atoms with E-state index in [1.54, 1.807) is 6.92 Å². The minimum atomic E-state index is -0.999. The third-order valence-electron chi connectivity index (χ3n) is 4.71. The lowest BCUT2D eigenvalue weighted by Crippen LogP contribution is -2.34. The molecular formula is C22H26N2O. The Morgan fingerprint density at radius 2 is 2.04 bits per heavy atom. The molecule has 3 nitrogen and oxygen atoms in total. The summed E-state index contributed by atoms with van der Waals surface area (Å²) in [6.45, 7) is 3.53. The van der Waals surface area contributed by atoms with Gasteiger partial charge in [0.15, 0.2) is 0 Å². The predicted molar refractivity (Wildman–Crippen MR) is 101 cm³/mol. The standard InChI is InChI=1S/C22H26N2O/c1-22(25,17-19-9-3-2-4-10-19)13-8-16-24-15-6-5-12-21(24)20-11-7-14-23-18-20/h2-4,7,9-11,14,18,21,25H,5-6,12,15-17H2,1H3. The highest BCUT2D eigenvalue weighted by Gasteiger charge is 2.23. The first-order valence-electron chi connectivity index (χ1n) is 9.04. The molecule has 130 valence electrons. The summed E-state index contributed by atoms with van der Waals surface area (Å²) in [7, 11) is 0. The van der Waals surface area contributed by atoms with Gasteiger partial charge in [0.25, 0.3) is 0 Å². The molecule has 2 atom stereocenters. The molecule has 3 rings (SSSR count). The fourth-order valence-corrected chi connectivity index (χ4v) is 3.50. The zero-order valence-corrected chi connectivity index (χ0v) is 14.9. The molecule has 1 aliphatic rings. The van der Waals surface area contributed by atoms with Crippen molar-refractivity contribution >= 4 is 0 Å². The molecule has 0 spiro atoms. The van der Waals surface area contributed by atoms with Gasteiger partial charge in [-0.2, -0.15) is 0 Å². The maximum Gasteiger partial charge on any atom is 0.126 e. The van der Waals surface area contributed by atoms with Crippen molar-refractivity contribution in [3.63, 3.8) is 0 Å². The second kappa shape index (κ2) is 8.29. The number of hydrogen-bond acceptors (Lipinski definition) is 3. The van der Waals surface area contributed by atoms with Gasteiger partial charge in [-0.1, -0.05) is 54.7 Å². The average molecular weight is 334 g/mol. The summed E-state index contributed by atoms with van der Waals surface area (Å²) in [6.07, 6.45) is 7.92. The number of hydrogen-bond donors (Lipinski definition) is 1. The van der Waals surface area contributed by atoms with Gasteiger partial charge < -0.3 is 5.11 Å². The van der Waals surface area contributed by atoms with Crippen molar-refractivity contribution in [2.24, 2.45) is 0 Å². The molecule has 0 aliphatic carbocycles. The van der Waals surface area contributed by atoms with Crippen molar-refractivity contribution in [3.05, 3.63) is 66.0 Å². The van der Waals surface area contributed by atoms with Crippen LogP contribution in [0.1, 0.15) is 43.4 Å². The molecule has 1 aromatic carbocycles. The second-order valence-corrected chi connectivity index (χ2v) is 7.01. The summed E-state index contributed by atoms with van der Waals surface area (Å²) in [5.74, 6) is 6.30. The van der Waals surface area contributed by atoms with Crippen LogP contribution in [0.4, 0.5) is 0 Å². The number of rotatable bonds is 4. The van der Waals surface area contributed by atoms with Crippen LogP contribution in [-0.2, 0) is 6.42 Å². The average Bonchev–Trinajstić information content (AvgIpc) is 2.63. The quantitative estimate of drug-likeness (QED) is 0.868. The van der Waals surface area contributed by atoms with Crippen molar-refractivity contribution in [1.82, 2.24) is 9.88 Å². The molecule has 1 aromatic heterocycles. The van der Waals surface area contributed by atoms with Crippen LogP contribution >= 0.6 is 0 Å². The highest BCUT2D eigenvalue weighted by atomic mass is 16.3. The van der Waals surface area contributed by atoms with Gasteiger partial charge in [0, 0.05) is 24.9 Å². The highest BCUT2D eigenvalue weighted by molar-refractivity contribution is 5.23. The highest BCUT2D eigenvalue weighted by Crippen LogP contribution is 2.29. The van der Waals surface area contributed by atoms with Crippen molar-refractivity contribution in [2.75, 3.05) is 13.1 Å². The normalized spacial score (nSPS) is 20.3. The number of pyridine rings is 1. The van der Waals surface area contributed by atoms with Crippen LogP contribution in [0.2, 0.25) is 0 Å². The van der Waals surface area contributed by atoms with Crippen LogP contribution < -0.4 is 0 Å². The van der Waals surface area contributed by atoms with E-state index >= 15 is 0 Å². The van der Waals surface area contributed by atoms with E-state index in [1.807, 2.05) is 48.8 Å². The van der Waals surface area contributed by atoms with Crippen LogP contribution in [-0.4, -0.2) is 33.7 Å². The summed E-state index contributed by atoms with van der Waals surface area (Å²) >= 11 is 0. The van der Waals surface area contributed by atoms with E-state index in [0.29, 0.717) is 19.0 Å². The Kier molecular flexibility index (Phi) is 5.86. The summed E-state index contributed by atoms with van der Waals surface area (Å²) in [4.78, 5) is 6.67. The Hall–Kier alpha value is -2.15. The van der Waals surface area contributed by atoms with Crippen LogP contribution in [0.5, 0.6) is 0 Å².